The molecule has 0 radical (unpaired) electrons. The summed E-state index contributed by atoms with van der Waals surface area (Å²) in [4.78, 5) is 40.7. The second-order valence-corrected chi connectivity index (χ2v) is 16.0. The van der Waals surface area contributed by atoms with E-state index in [-0.39, 0.29) is 58.6 Å². The first kappa shape index (κ1) is 30.0. The number of carbonyl (C=O) groups excluding carboxylic acids is 2. The van der Waals surface area contributed by atoms with Crippen molar-refractivity contribution < 1.29 is 14.0 Å². The number of likely N-dealkylation sites (tertiary alicyclic amines) is 1. The summed E-state index contributed by atoms with van der Waals surface area (Å²) in [5.74, 6) is -0.529. The van der Waals surface area contributed by atoms with Crippen LogP contribution in [0.3, 0.4) is 0 Å². The van der Waals surface area contributed by atoms with Crippen molar-refractivity contribution in [3.63, 3.8) is 0 Å². The second-order valence-electron chi connectivity index (χ2n) is 14.2. The van der Waals surface area contributed by atoms with Crippen LogP contribution in [-0.4, -0.2) is 75.0 Å². The molecule has 1 N–H and O–H groups in total. The summed E-state index contributed by atoms with van der Waals surface area (Å²) in [6.07, 6.45) is 6.33. The highest BCUT2D eigenvalue weighted by Crippen LogP contribution is 2.58. The first-order valence-electron chi connectivity index (χ1n) is 16.2. The number of hydrogen-bond acceptors (Lipinski definition) is 6. The van der Waals surface area contributed by atoms with Gasteiger partial charge < -0.3 is 20.0 Å². The minimum atomic E-state index is -0.700. The standard InChI is InChI=1S/C34H38Cl2FN5O2S/c1-18-13-20-14-24(36)25(37)15-23(20)29-33(3,21-6-8-22(35)9-7-21)39-32-42(29)27(18)28(45-32)31(44)40-12-4-5-26(40)30(43)41-17-34(10-11-34)38-16-19(41)2/h6-9,14,18-19,23,26,29,38H,4-5,10-13,15-17H2,1-3H3/t18?,19-,23?,26?,29+,33-/m0/s1. The molecule has 2 amide bonds. The highest BCUT2D eigenvalue weighted by atomic mass is 35.5. The molecule has 5 aliphatic heterocycles. The first-order chi connectivity index (χ1) is 21.5. The molecule has 7 aliphatic rings. The summed E-state index contributed by atoms with van der Waals surface area (Å²) in [5, 5.41) is 5.19. The van der Waals surface area contributed by atoms with Crippen molar-refractivity contribution in [2.24, 2.45) is 16.8 Å². The van der Waals surface area contributed by atoms with Crippen LogP contribution in [0.5, 0.6) is 0 Å². The molecule has 1 spiro atoms. The average Bonchev–Trinajstić information content (AvgIpc) is 3.32. The van der Waals surface area contributed by atoms with Gasteiger partial charge in [-0.15, -0.1) is 0 Å². The molecule has 4 fully saturated rings. The lowest BCUT2D eigenvalue weighted by atomic mass is 9.73. The van der Waals surface area contributed by atoms with Gasteiger partial charge in [0.15, 0.2) is 5.17 Å². The molecule has 1 aromatic carbocycles. The Balaban J connectivity index is 1.17. The van der Waals surface area contributed by atoms with Crippen molar-refractivity contribution in [3.05, 3.63) is 68.0 Å². The van der Waals surface area contributed by atoms with Crippen LogP contribution in [0.2, 0.25) is 5.02 Å². The van der Waals surface area contributed by atoms with Gasteiger partial charge in [-0.25, -0.2) is 9.38 Å². The van der Waals surface area contributed by atoms with Crippen LogP contribution in [0.15, 0.2) is 62.4 Å². The maximum Gasteiger partial charge on any atom is 0.263 e. The fraction of sp³-hybridized carbons (Fsp3) is 0.559. The van der Waals surface area contributed by atoms with E-state index in [0.717, 1.165) is 47.8 Å². The molecular weight excluding hydrogens is 632 g/mol. The average molecular weight is 671 g/mol. The Kier molecular flexibility index (Phi) is 7.07. The zero-order valence-corrected chi connectivity index (χ0v) is 28.1. The molecule has 1 saturated carbocycles. The predicted molar refractivity (Wildman–Crippen MR) is 176 cm³/mol. The number of amides is 2. The molecule has 45 heavy (non-hydrogen) atoms. The van der Waals surface area contributed by atoms with Gasteiger partial charge in [-0.2, -0.15) is 0 Å². The first-order valence-corrected chi connectivity index (χ1v) is 17.8. The number of piperazine rings is 1. The van der Waals surface area contributed by atoms with Gasteiger partial charge in [0.25, 0.3) is 5.91 Å². The summed E-state index contributed by atoms with van der Waals surface area (Å²) in [6.45, 7) is 8.39. The Morgan fingerprint density at radius 2 is 1.87 bits per heavy atom. The third kappa shape index (κ3) is 4.66. The van der Waals surface area contributed by atoms with E-state index >= 15 is 4.39 Å². The van der Waals surface area contributed by atoms with Crippen LogP contribution in [0.25, 0.3) is 0 Å². The topological polar surface area (TPSA) is 68.2 Å². The predicted octanol–water partition coefficient (Wildman–Crippen LogP) is 6.30. The Hall–Kier alpha value is -2.33. The third-order valence-corrected chi connectivity index (χ3v) is 12.9. The highest BCUT2D eigenvalue weighted by molar-refractivity contribution is 8.18. The fourth-order valence-corrected chi connectivity index (χ4v) is 10.3. The van der Waals surface area contributed by atoms with E-state index in [2.05, 4.69) is 31.0 Å². The number of aliphatic imine (C=N–C) groups is 1. The SMILES string of the molecule is CC1CC2=CC(Cl)=C(F)CC2[C@H]2N3C(=N[C@@]2(C)c2ccc(Cl)cc2)SC(C(=O)N2CCCC2C(=O)N2CC4(CC4)NC[C@@H]2C)=C13. The smallest absolute Gasteiger partial charge is 0.263 e. The highest BCUT2D eigenvalue weighted by Gasteiger charge is 2.59. The van der Waals surface area contributed by atoms with Crippen LogP contribution in [-0.2, 0) is 15.1 Å². The van der Waals surface area contributed by atoms with Gasteiger partial charge in [0, 0.05) is 60.2 Å². The van der Waals surface area contributed by atoms with E-state index in [4.69, 9.17) is 28.2 Å². The molecule has 238 valence electrons. The summed E-state index contributed by atoms with van der Waals surface area (Å²) in [5.41, 5.74) is 2.38. The largest absolute Gasteiger partial charge is 0.335 e. The van der Waals surface area contributed by atoms with Crippen molar-refractivity contribution in [1.29, 1.82) is 0 Å². The quantitative estimate of drug-likeness (QED) is 0.409. The molecule has 8 rings (SSSR count). The maximum atomic E-state index is 15.2. The van der Waals surface area contributed by atoms with Crippen molar-refractivity contribution in [2.45, 2.75) is 88.5 Å². The van der Waals surface area contributed by atoms with Gasteiger partial charge in [-0.05, 0) is 81.5 Å². The number of nitrogens with one attached hydrogen (secondary N) is 1. The maximum absolute atomic E-state index is 15.2. The van der Waals surface area contributed by atoms with Crippen LogP contribution in [0, 0.1) is 11.8 Å². The number of fused-ring (bicyclic) bond motifs is 2. The van der Waals surface area contributed by atoms with Gasteiger partial charge in [-0.3, -0.25) is 9.59 Å². The number of allylic oxidation sites excluding steroid dienone is 4. The molecule has 5 heterocycles. The van der Waals surface area contributed by atoms with E-state index < -0.39 is 11.6 Å². The Labute approximate surface area is 277 Å². The number of halogens is 3. The lowest BCUT2D eigenvalue weighted by Gasteiger charge is -2.41. The Morgan fingerprint density at radius 3 is 2.60 bits per heavy atom. The minimum Gasteiger partial charge on any atom is -0.335 e. The summed E-state index contributed by atoms with van der Waals surface area (Å²) < 4.78 is 15.2. The molecule has 7 nitrogen and oxygen atoms in total. The lowest BCUT2D eigenvalue weighted by molar-refractivity contribution is -0.144. The number of carbonyl (C=O) groups is 2. The monoisotopic (exact) mass is 669 g/mol. The molecule has 2 aliphatic carbocycles. The van der Waals surface area contributed by atoms with Crippen molar-refractivity contribution >= 4 is 51.9 Å². The van der Waals surface area contributed by atoms with Crippen molar-refractivity contribution in [1.82, 2.24) is 20.0 Å². The third-order valence-electron chi connectivity index (χ3n) is 11.2. The molecule has 11 heteroatoms. The Morgan fingerprint density at radius 1 is 1.11 bits per heavy atom. The number of rotatable bonds is 3. The second kappa shape index (κ2) is 10.6. The van der Waals surface area contributed by atoms with Crippen LogP contribution in [0.1, 0.15) is 64.9 Å². The van der Waals surface area contributed by atoms with Gasteiger partial charge in [0.1, 0.15) is 22.3 Å². The van der Waals surface area contributed by atoms with Gasteiger partial charge in [0.2, 0.25) is 5.91 Å². The van der Waals surface area contributed by atoms with E-state index in [0.29, 0.717) is 35.9 Å². The van der Waals surface area contributed by atoms with E-state index in [1.807, 2.05) is 34.1 Å². The van der Waals surface area contributed by atoms with Crippen LogP contribution < -0.4 is 5.32 Å². The molecule has 3 saturated heterocycles. The van der Waals surface area contributed by atoms with Gasteiger partial charge in [-0.1, -0.05) is 47.8 Å². The summed E-state index contributed by atoms with van der Waals surface area (Å²) in [7, 11) is 0. The molecule has 0 aromatic heterocycles. The van der Waals surface area contributed by atoms with E-state index in [9.17, 15) is 9.59 Å². The van der Waals surface area contributed by atoms with Crippen molar-refractivity contribution in [3.8, 4) is 0 Å². The molecule has 6 atom stereocenters. The zero-order chi connectivity index (χ0) is 31.4. The van der Waals surface area contributed by atoms with Gasteiger partial charge in [0.05, 0.1) is 11.1 Å². The summed E-state index contributed by atoms with van der Waals surface area (Å²) >= 11 is 14.1. The number of amidine groups is 1. The number of thioether (sulfide) groups is 1. The number of benzene rings is 1. The zero-order valence-electron chi connectivity index (χ0n) is 25.8. The van der Waals surface area contributed by atoms with Gasteiger partial charge >= 0.3 is 0 Å². The normalized spacial score (nSPS) is 35.0. The molecule has 0 bridgehead atoms. The number of nitrogens with zero attached hydrogens (tertiary/aromatic N) is 4. The molecule has 3 unspecified atom stereocenters. The summed E-state index contributed by atoms with van der Waals surface area (Å²) in [6, 6.07) is 7.12. The Bertz CT molecular complexity index is 1620. The fourth-order valence-electron chi connectivity index (χ4n) is 8.60. The van der Waals surface area contributed by atoms with E-state index in [1.165, 1.54) is 11.8 Å². The van der Waals surface area contributed by atoms with Crippen molar-refractivity contribution in [2.75, 3.05) is 19.6 Å². The lowest BCUT2D eigenvalue weighted by Crippen LogP contribution is -2.61. The van der Waals surface area contributed by atoms with E-state index in [1.54, 1.807) is 6.08 Å². The number of hydrogen-bond donors (Lipinski definition) is 1. The molecular formula is C34H38Cl2FN5O2S. The van der Waals surface area contributed by atoms with Crippen LogP contribution >= 0.6 is 35.0 Å². The van der Waals surface area contributed by atoms with Crippen LogP contribution in [0.4, 0.5) is 4.39 Å². The minimum absolute atomic E-state index is 0.0271. The molecule has 1 aromatic rings.